The lowest BCUT2D eigenvalue weighted by Gasteiger charge is -2.24. The zero-order chi connectivity index (χ0) is 12.5. The van der Waals surface area contributed by atoms with E-state index in [9.17, 15) is 0 Å². The highest BCUT2D eigenvalue weighted by molar-refractivity contribution is 9.10. The number of thioether (sulfide) groups is 1. The predicted octanol–water partition coefficient (Wildman–Crippen LogP) is 4.87. The molecule has 0 amide bonds. The minimum absolute atomic E-state index is 0.224. The maximum Gasteiger partial charge on any atom is 0.103 e. The van der Waals surface area contributed by atoms with Crippen molar-refractivity contribution < 1.29 is 0 Å². The van der Waals surface area contributed by atoms with Crippen LogP contribution in [0, 0.1) is 5.41 Å². The summed E-state index contributed by atoms with van der Waals surface area (Å²) in [6, 6.07) is 8.32. The summed E-state index contributed by atoms with van der Waals surface area (Å²) in [5.74, 6) is 1.04. The van der Waals surface area contributed by atoms with E-state index in [1.165, 1.54) is 11.1 Å². The molecular weight excluding hydrogens is 294 g/mol. The van der Waals surface area contributed by atoms with Gasteiger partial charge in [0, 0.05) is 22.0 Å². The SMILES string of the molecule is CC(C)(C)C1=CN=C(c2ccc(Br)cc2)SC1. The standard InChI is InChI=1S/C14H16BrNS/c1-14(2,3)11-8-16-13(17-9-11)10-4-6-12(15)7-5-10/h4-8H,9H2,1-3H3. The zero-order valence-corrected chi connectivity index (χ0v) is 12.7. The second-order valence-electron chi connectivity index (χ2n) is 5.13. The van der Waals surface area contributed by atoms with Gasteiger partial charge in [-0.1, -0.05) is 48.8 Å². The average molecular weight is 310 g/mol. The fourth-order valence-electron chi connectivity index (χ4n) is 1.52. The Hall–Kier alpha value is -0.540. The summed E-state index contributed by atoms with van der Waals surface area (Å²) in [5.41, 5.74) is 2.83. The summed E-state index contributed by atoms with van der Waals surface area (Å²) in [7, 11) is 0. The van der Waals surface area contributed by atoms with Gasteiger partial charge in [-0.25, -0.2) is 4.99 Å². The minimum Gasteiger partial charge on any atom is -0.249 e. The van der Waals surface area contributed by atoms with Crippen molar-refractivity contribution in [1.29, 1.82) is 0 Å². The van der Waals surface area contributed by atoms with Crippen molar-refractivity contribution in [2.45, 2.75) is 20.8 Å². The van der Waals surface area contributed by atoms with Crippen LogP contribution in [0.2, 0.25) is 0 Å². The number of benzene rings is 1. The minimum atomic E-state index is 0.224. The van der Waals surface area contributed by atoms with E-state index in [0.717, 1.165) is 15.3 Å². The Labute approximate surface area is 116 Å². The van der Waals surface area contributed by atoms with Gasteiger partial charge in [-0.05, 0) is 23.1 Å². The van der Waals surface area contributed by atoms with Crippen molar-refractivity contribution in [2.75, 3.05) is 5.75 Å². The molecule has 1 aliphatic rings. The monoisotopic (exact) mass is 309 g/mol. The smallest absolute Gasteiger partial charge is 0.103 e. The molecule has 17 heavy (non-hydrogen) atoms. The molecule has 0 radical (unpaired) electrons. The van der Waals surface area contributed by atoms with Gasteiger partial charge >= 0.3 is 0 Å². The Balaban J connectivity index is 2.23. The Morgan fingerprint density at radius 3 is 2.29 bits per heavy atom. The lowest BCUT2D eigenvalue weighted by Crippen LogP contribution is -2.15. The summed E-state index contributed by atoms with van der Waals surface area (Å²) < 4.78 is 1.11. The second kappa shape index (κ2) is 4.99. The van der Waals surface area contributed by atoms with Crippen LogP contribution in [0.15, 0.2) is 45.5 Å². The molecule has 0 unspecified atom stereocenters. The topological polar surface area (TPSA) is 12.4 Å². The lowest BCUT2D eigenvalue weighted by atomic mass is 9.88. The van der Waals surface area contributed by atoms with E-state index in [4.69, 9.17) is 0 Å². The number of hydrogen-bond acceptors (Lipinski definition) is 2. The first-order valence-electron chi connectivity index (χ1n) is 5.63. The van der Waals surface area contributed by atoms with E-state index >= 15 is 0 Å². The quantitative estimate of drug-likeness (QED) is 0.720. The Morgan fingerprint density at radius 2 is 1.82 bits per heavy atom. The van der Waals surface area contributed by atoms with Gasteiger partial charge in [-0.15, -0.1) is 11.8 Å². The molecule has 0 aromatic heterocycles. The van der Waals surface area contributed by atoms with Crippen molar-refractivity contribution in [2.24, 2.45) is 10.4 Å². The highest BCUT2D eigenvalue weighted by Crippen LogP contribution is 2.32. The molecule has 0 bridgehead atoms. The first-order valence-corrected chi connectivity index (χ1v) is 7.41. The third kappa shape index (κ3) is 3.23. The molecule has 1 aromatic carbocycles. The molecule has 0 atom stereocenters. The molecule has 0 N–H and O–H groups in total. The maximum atomic E-state index is 4.58. The average Bonchev–Trinajstić information content (AvgIpc) is 2.29. The molecule has 3 heteroatoms. The number of halogens is 1. The number of rotatable bonds is 1. The van der Waals surface area contributed by atoms with Crippen LogP contribution < -0.4 is 0 Å². The van der Waals surface area contributed by atoms with Gasteiger partial charge in [0.2, 0.25) is 0 Å². The van der Waals surface area contributed by atoms with Crippen LogP contribution in [0.5, 0.6) is 0 Å². The van der Waals surface area contributed by atoms with Gasteiger partial charge in [0.25, 0.3) is 0 Å². The summed E-state index contributed by atoms with van der Waals surface area (Å²) in [5, 5.41) is 1.12. The largest absolute Gasteiger partial charge is 0.249 e. The van der Waals surface area contributed by atoms with Gasteiger partial charge in [0.1, 0.15) is 5.04 Å². The number of aliphatic imine (C=N–C) groups is 1. The van der Waals surface area contributed by atoms with Gasteiger partial charge in [-0.3, -0.25) is 0 Å². The van der Waals surface area contributed by atoms with Gasteiger partial charge in [0.15, 0.2) is 0 Å². The fraction of sp³-hybridized carbons (Fsp3) is 0.357. The fourth-order valence-corrected chi connectivity index (χ4v) is 3.01. The maximum absolute atomic E-state index is 4.58. The molecule has 0 fully saturated rings. The second-order valence-corrected chi connectivity index (χ2v) is 7.01. The zero-order valence-electron chi connectivity index (χ0n) is 10.3. The van der Waals surface area contributed by atoms with Gasteiger partial charge < -0.3 is 0 Å². The predicted molar refractivity (Wildman–Crippen MR) is 80.7 cm³/mol. The molecule has 0 spiro atoms. The first kappa shape index (κ1) is 12.9. The van der Waals surface area contributed by atoms with Crippen LogP contribution in [0.25, 0.3) is 0 Å². The van der Waals surface area contributed by atoms with Crippen molar-refractivity contribution in [3.05, 3.63) is 46.1 Å². The van der Waals surface area contributed by atoms with E-state index in [1.807, 2.05) is 18.0 Å². The molecular formula is C14H16BrNS. The van der Waals surface area contributed by atoms with Crippen LogP contribution in [0.3, 0.4) is 0 Å². The molecule has 90 valence electrons. The Bertz CT molecular complexity index is 466. The van der Waals surface area contributed by atoms with Crippen molar-refractivity contribution >= 4 is 32.7 Å². The molecule has 1 nitrogen and oxygen atoms in total. The molecule has 1 aromatic rings. The Morgan fingerprint density at radius 1 is 1.18 bits per heavy atom. The van der Waals surface area contributed by atoms with Crippen molar-refractivity contribution in [1.82, 2.24) is 0 Å². The van der Waals surface area contributed by atoms with E-state index in [2.05, 4.69) is 66.0 Å². The summed E-state index contributed by atoms with van der Waals surface area (Å²) in [6.45, 7) is 6.71. The van der Waals surface area contributed by atoms with Crippen LogP contribution in [-0.4, -0.2) is 10.8 Å². The molecule has 2 rings (SSSR count). The molecule has 0 saturated heterocycles. The summed E-state index contributed by atoms with van der Waals surface area (Å²) >= 11 is 5.27. The third-order valence-corrected chi connectivity index (χ3v) is 4.36. The normalized spacial score (nSPS) is 16.5. The number of hydrogen-bond donors (Lipinski definition) is 0. The highest BCUT2D eigenvalue weighted by atomic mass is 79.9. The van der Waals surface area contributed by atoms with Gasteiger partial charge in [0.05, 0.1) is 0 Å². The van der Waals surface area contributed by atoms with Crippen LogP contribution in [0.4, 0.5) is 0 Å². The highest BCUT2D eigenvalue weighted by Gasteiger charge is 2.20. The first-order chi connectivity index (χ1) is 7.97. The van der Waals surface area contributed by atoms with E-state index in [1.54, 1.807) is 0 Å². The van der Waals surface area contributed by atoms with Crippen molar-refractivity contribution in [3.63, 3.8) is 0 Å². The van der Waals surface area contributed by atoms with E-state index in [-0.39, 0.29) is 5.41 Å². The molecule has 1 heterocycles. The molecule has 0 saturated carbocycles. The lowest BCUT2D eigenvalue weighted by molar-refractivity contribution is 0.504. The third-order valence-electron chi connectivity index (χ3n) is 2.76. The Kier molecular flexibility index (Phi) is 3.79. The van der Waals surface area contributed by atoms with Gasteiger partial charge in [-0.2, -0.15) is 0 Å². The van der Waals surface area contributed by atoms with E-state index < -0.39 is 0 Å². The summed E-state index contributed by atoms with van der Waals surface area (Å²) in [4.78, 5) is 4.58. The van der Waals surface area contributed by atoms with Crippen molar-refractivity contribution in [3.8, 4) is 0 Å². The molecule has 1 aliphatic heterocycles. The van der Waals surface area contributed by atoms with E-state index in [0.29, 0.717) is 0 Å². The van der Waals surface area contributed by atoms with Crippen LogP contribution >= 0.6 is 27.7 Å². The van der Waals surface area contributed by atoms with Crippen LogP contribution in [0.1, 0.15) is 26.3 Å². The summed E-state index contributed by atoms with van der Waals surface area (Å²) in [6.07, 6.45) is 2.04. The molecule has 0 aliphatic carbocycles. The van der Waals surface area contributed by atoms with Crippen LogP contribution in [-0.2, 0) is 0 Å². The number of nitrogens with zero attached hydrogens (tertiary/aromatic N) is 1.